The fraction of sp³-hybridized carbons (Fsp3) is 0.350. The van der Waals surface area contributed by atoms with E-state index in [4.69, 9.17) is 9.47 Å². The van der Waals surface area contributed by atoms with Crippen LogP contribution in [0.1, 0.15) is 34.8 Å². The number of ether oxygens (including phenoxy) is 2. The minimum atomic E-state index is -0.607. The second kappa shape index (κ2) is 11.8. The van der Waals surface area contributed by atoms with Gasteiger partial charge in [0.25, 0.3) is 5.56 Å². The normalized spacial score (nSPS) is 10.4. The van der Waals surface area contributed by atoms with E-state index in [0.29, 0.717) is 22.9 Å². The van der Waals surface area contributed by atoms with Crippen LogP contribution < -0.4 is 10.9 Å². The minimum Gasteiger partial charge on any atom is -0.507 e. The lowest BCUT2D eigenvalue weighted by molar-refractivity contribution is 0.104. The molecule has 29 heavy (non-hydrogen) atoms. The number of hydrogen-bond acceptors (Lipinski definition) is 7. The molecule has 0 radical (unpaired) electrons. The number of thiophene rings is 1. The fourth-order valence-electron chi connectivity index (χ4n) is 2.15. The smallest absolute Gasteiger partial charge is 0.411 e. The van der Waals surface area contributed by atoms with Crippen LogP contribution in [0.4, 0.5) is 10.5 Å². The average Bonchev–Trinajstić information content (AvgIpc) is 3.13. The molecular weight excluding hydrogens is 396 g/mol. The summed E-state index contributed by atoms with van der Waals surface area (Å²) in [5.74, 6) is -0.951. The van der Waals surface area contributed by atoms with Gasteiger partial charge in [-0.05, 0) is 25.1 Å². The number of aromatic hydroxyl groups is 1. The molecule has 0 fully saturated rings. The van der Waals surface area contributed by atoms with Gasteiger partial charge in [0, 0.05) is 36.2 Å². The first-order valence-corrected chi connectivity index (χ1v) is 9.84. The van der Waals surface area contributed by atoms with E-state index in [1.54, 1.807) is 18.4 Å². The Hall–Kier alpha value is -2.91. The highest BCUT2D eigenvalue weighted by atomic mass is 32.1. The molecule has 2 rings (SSSR count). The van der Waals surface area contributed by atoms with Gasteiger partial charge < -0.3 is 19.1 Å². The van der Waals surface area contributed by atoms with Gasteiger partial charge in [-0.1, -0.05) is 13.8 Å². The molecule has 2 aromatic rings. The number of allylic oxidation sites excluding steroid dienone is 1. The Labute approximate surface area is 173 Å². The van der Waals surface area contributed by atoms with Gasteiger partial charge in [-0.25, -0.2) is 4.79 Å². The van der Waals surface area contributed by atoms with Gasteiger partial charge in [-0.3, -0.25) is 14.9 Å². The van der Waals surface area contributed by atoms with Crippen molar-refractivity contribution >= 4 is 35.0 Å². The summed E-state index contributed by atoms with van der Waals surface area (Å²) in [6.07, 6.45) is 2.11. The van der Waals surface area contributed by atoms with Crippen molar-refractivity contribution in [2.45, 2.75) is 20.8 Å². The molecule has 0 spiro atoms. The van der Waals surface area contributed by atoms with E-state index in [-0.39, 0.29) is 17.9 Å². The van der Waals surface area contributed by atoms with Crippen molar-refractivity contribution in [1.82, 2.24) is 4.57 Å². The van der Waals surface area contributed by atoms with Crippen LogP contribution in [0.5, 0.6) is 5.75 Å². The predicted octanol–water partition coefficient (Wildman–Crippen LogP) is 3.58. The summed E-state index contributed by atoms with van der Waals surface area (Å²) < 4.78 is 11.0. The lowest BCUT2D eigenvalue weighted by Gasteiger charge is -2.07. The third kappa shape index (κ3) is 6.88. The molecule has 8 nitrogen and oxygen atoms in total. The zero-order chi connectivity index (χ0) is 22.0. The number of amides is 1. The Morgan fingerprint density at radius 1 is 1.28 bits per heavy atom. The van der Waals surface area contributed by atoms with E-state index in [0.717, 1.165) is 0 Å². The van der Waals surface area contributed by atoms with Crippen LogP contribution in [0.15, 0.2) is 28.4 Å². The topological polar surface area (TPSA) is 107 Å². The minimum absolute atomic E-state index is 0.142. The first-order chi connectivity index (χ1) is 13.8. The van der Waals surface area contributed by atoms with Gasteiger partial charge >= 0.3 is 6.09 Å². The van der Waals surface area contributed by atoms with Gasteiger partial charge in [0.1, 0.15) is 17.9 Å². The quantitative estimate of drug-likeness (QED) is 0.401. The molecule has 2 aromatic heterocycles. The van der Waals surface area contributed by atoms with Crippen LogP contribution in [0.3, 0.4) is 0 Å². The van der Waals surface area contributed by atoms with Crippen molar-refractivity contribution in [1.29, 1.82) is 0 Å². The van der Waals surface area contributed by atoms with E-state index in [9.17, 15) is 19.5 Å². The van der Waals surface area contributed by atoms with Crippen molar-refractivity contribution in [3.05, 3.63) is 50.1 Å². The number of hydrogen-bond donors (Lipinski definition) is 2. The first-order valence-electron chi connectivity index (χ1n) is 8.96. The number of nitrogens with one attached hydrogen (secondary N) is 1. The Morgan fingerprint density at radius 2 is 1.97 bits per heavy atom. The second-order valence-corrected chi connectivity index (χ2v) is 6.54. The summed E-state index contributed by atoms with van der Waals surface area (Å²) in [5, 5.41) is 14.2. The van der Waals surface area contributed by atoms with Gasteiger partial charge in [-0.2, -0.15) is 0 Å². The van der Waals surface area contributed by atoms with E-state index < -0.39 is 17.4 Å². The molecule has 2 heterocycles. The molecule has 158 valence electrons. The summed E-state index contributed by atoms with van der Waals surface area (Å²) in [7, 11) is 3.03. The van der Waals surface area contributed by atoms with Crippen LogP contribution in [0.2, 0.25) is 0 Å². The molecule has 0 aliphatic rings. The van der Waals surface area contributed by atoms with Gasteiger partial charge in [0.15, 0.2) is 5.78 Å². The van der Waals surface area contributed by atoms with Crippen LogP contribution in [-0.4, -0.2) is 41.9 Å². The lowest BCUT2D eigenvalue weighted by Crippen LogP contribution is -2.25. The Bertz CT molecular complexity index is 930. The molecular formula is C20H26N2O6S. The summed E-state index contributed by atoms with van der Waals surface area (Å²) in [4.78, 5) is 36.7. The van der Waals surface area contributed by atoms with Crippen LogP contribution in [-0.2, 0) is 16.5 Å². The van der Waals surface area contributed by atoms with Crippen molar-refractivity contribution in [2.75, 3.05) is 25.6 Å². The molecule has 0 aliphatic heterocycles. The summed E-state index contributed by atoms with van der Waals surface area (Å²) in [6, 6.07) is 3.02. The van der Waals surface area contributed by atoms with E-state index in [2.05, 4.69) is 5.32 Å². The van der Waals surface area contributed by atoms with Crippen molar-refractivity contribution in [3.63, 3.8) is 0 Å². The third-order valence-electron chi connectivity index (χ3n) is 3.68. The lowest BCUT2D eigenvalue weighted by atomic mass is 10.1. The largest absolute Gasteiger partial charge is 0.507 e. The summed E-state index contributed by atoms with van der Waals surface area (Å²) >= 11 is 1.29. The highest BCUT2D eigenvalue weighted by molar-refractivity contribution is 7.11. The molecule has 0 aliphatic carbocycles. The maximum absolute atomic E-state index is 12.3. The predicted molar refractivity (Wildman–Crippen MR) is 114 cm³/mol. The molecule has 0 saturated heterocycles. The van der Waals surface area contributed by atoms with Gasteiger partial charge in [0.2, 0.25) is 0 Å². The van der Waals surface area contributed by atoms with Gasteiger partial charge in [0.05, 0.1) is 12.3 Å². The van der Waals surface area contributed by atoms with Crippen LogP contribution in [0.25, 0.3) is 6.08 Å². The highest BCUT2D eigenvalue weighted by Crippen LogP contribution is 2.22. The number of rotatable bonds is 7. The molecule has 0 bridgehead atoms. The van der Waals surface area contributed by atoms with E-state index in [1.807, 2.05) is 13.8 Å². The third-order valence-corrected chi connectivity index (χ3v) is 4.58. The number of aryl methyl sites for hydroxylation is 1. The number of carbonyl (C=O) groups excluding carboxylic acids is 2. The maximum atomic E-state index is 12.3. The van der Waals surface area contributed by atoms with Crippen molar-refractivity contribution in [3.8, 4) is 5.75 Å². The monoisotopic (exact) mass is 422 g/mol. The van der Waals surface area contributed by atoms with Crippen molar-refractivity contribution < 1.29 is 24.2 Å². The summed E-state index contributed by atoms with van der Waals surface area (Å²) in [6.45, 7) is 6.10. The SMILES string of the molecule is CC.COCCOC(=O)Nc1csc(/C=C/C(=O)c2c(O)cc(C)n(C)c2=O)c1. The molecule has 2 N–H and O–H groups in total. The second-order valence-electron chi connectivity index (χ2n) is 5.60. The van der Waals surface area contributed by atoms with E-state index in [1.165, 1.54) is 48.3 Å². The number of ketones is 1. The number of pyridine rings is 1. The molecule has 9 heteroatoms. The fourth-order valence-corrected chi connectivity index (χ4v) is 2.89. The summed E-state index contributed by atoms with van der Waals surface area (Å²) in [5.41, 5.74) is 0.221. The highest BCUT2D eigenvalue weighted by Gasteiger charge is 2.16. The average molecular weight is 423 g/mol. The van der Waals surface area contributed by atoms with E-state index >= 15 is 0 Å². The van der Waals surface area contributed by atoms with Crippen LogP contribution in [0, 0.1) is 6.92 Å². The Kier molecular flexibility index (Phi) is 9.84. The molecule has 0 aromatic carbocycles. The number of carbonyl (C=O) groups is 2. The molecule has 0 saturated carbocycles. The standard InChI is InChI=1S/C18H20N2O6S.C2H6/c1-11-8-15(22)16(17(23)20(11)2)14(21)5-4-13-9-12(10-27-13)19-18(24)26-7-6-25-3;1-2/h4-5,8-10,22H,6-7H2,1-3H3,(H,19,24);1-2H3/b5-4+;. The molecule has 1 amide bonds. The molecule has 0 atom stereocenters. The Morgan fingerprint density at radius 3 is 2.62 bits per heavy atom. The zero-order valence-electron chi connectivity index (χ0n) is 17.1. The number of anilines is 1. The zero-order valence-corrected chi connectivity index (χ0v) is 18.0. The van der Waals surface area contributed by atoms with Gasteiger partial charge in [-0.15, -0.1) is 11.3 Å². The Balaban J connectivity index is 0.00000204. The number of nitrogens with zero attached hydrogens (tertiary/aromatic N) is 1. The first kappa shape index (κ1) is 24.1. The number of methoxy groups -OCH3 is 1. The number of aromatic nitrogens is 1. The maximum Gasteiger partial charge on any atom is 0.411 e. The van der Waals surface area contributed by atoms with Crippen molar-refractivity contribution in [2.24, 2.45) is 7.05 Å². The molecule has 0 unspecified atom stereocenters. The van der Waals surface area contributed by atoms with Crippen LogP contribution >= 0.6 is 11.3 Å².